The Morgan fingerprint density at radius 1 is 1.06 bits per heavy atom. The summed E-state index contributed by atoms with van der Waals surface area (Å²) in [6, 6.07) is 9.92. The number of Topliss-reactive ketones (excluding diaryl/α,β-unsaturated/α-hetero) is 3. The fraction of sp³-hybridized carbons (Fsp3) is 0.429. The molecule has 2 aromatic carbocycles. The second-order valence-electron chi connectivity index (χ2n) is 8.98. The number of nitrogens with one attached hydrogen (secondary N) is 1. The number of halogens is 1. The van der Waals surface area contributed by atoms with Crippen LogP contribution in [0.2, 0.25) is 0 Å². The normalized spacial score (nSPS) is 11.7. The van der Waals surface area contributed by atoms with Crippen molar-refractivity contribution in [2.24, 2.45) is 11.8 Å². The first-order chi connectivity index (χ1) is 16.6. The average Bonchev–Trinajstić information content (AvgIpc) is 3.23. The van der Waals surface area contributed by atoms with Crippen molar-refractivity contribution >= 4 is 39.8 Å². The Bertz CT molecular complexity index is 1180. The van der Waals surface area contributed by atoms with Gasteiger partial charge in [0, 0.05) is 42.0 Å². The van der Waals surface area contributed by atoms with E-state index in [2.05, 4.69) is 10.5 Å². The van der Waals surface area contributed by atoms with Crippen LogP contribution in [0.1, 0.15) is 76.7 Å². The van der Waals surface area contributed by atoms with Gasteiger partial charge in [-0.2, -0.15) is 0 Å². The van der Waals surface area contributed by atoms with E-state index in [0.29, 0.717) is 36.0 Å². The number of fused-ring (bicyclic) bond motifs is 1. The molecule has 1 unspecified atom stereocenters. The number of hydrogen-bond donors (Lipinski definition) is 1. The van der Waals surface area contributed by atoms with E-state index in [1.807, 2.05) is 52.8 Å². The van der Waals surface area contributed by atoms with E-state index in [-0.39, 0.29) is 35.0 Å². The Morgan fingerprint density at radius 3 is 2.37 bits per heavy atom. The van der Waals surface area contributed by atoms with Crippen LogP contribution < -0.4 is 5.32 Å². The lowest BCUT2D eigenvalue weighted by molar-refractivity contribution is -0.121. The van der Waals surface area contributed by atoms with Crippen molar-refractivity contribution in [1.29, 1.82) is 0 Å². The van der Waals surface area contributed by atoms with Crippen LogP contribution in [0.3, 0.4) is 0 Å². The monoisotopic (exact) mass is 482 g/mol. The zero-order valence-corrected chi connectivity index (χ0v) is 21.4. The van der Waals surface area contributed by atoms with Gasteiger partial charge in [-0.1, -0.05) is 39.8 Å². The molecule has 0 amide bonds. The zero-order valence-electron chi connectivity index (χ0n) is 21.4. The van der Waals surface area contributed by atoms with E-state index < -0.39 is 0 Å². The van der Waals surface area contributed by atoms with Crippen molar-refractivity contribution in [3.63, 3.8) is 0 Å². The maximum atomic E-state index is 13.2. The molecular formula is C28H35FN2O4. The summed E-state index contributed by atoms with van der Waals surface area (Å²) in [5.41, 5.74) is 2.94. The molecule has 0 bridgehead atoms. The van der Waals surface area contributed by atoms with E-state index in [1.54, 1.807) is 13.0 Å². The third-order valence-corrected chi connectivity index (χ3v) is 5.92. The molecule has 0 aliphatic rings. The number of carbonyl (C=O) groups excluding carboxylic acids is 3. The summed E-state index contributed by atoms with van der Waals surface area (Å²) >= 11 is 0. The second-order valence-corrected chi connectivity index (χ2v) is 8.98. The summed E-state index contributed by atoms with van der Waals surface area (Å²) in [6.45, 7) is 11.1. The molecule has 1 heterocycles. The molecule has 3 aromatic rings. The molecule has 0 saturated heterocycles. The first-order valence-electron chi connectivity index (χ1n) is 12.1. The van der Waals surface area contributed by atoms with Crippen molar-refractivity contribution in [2.75, 3.05) is 5.32 Å². The van der Waals surface area contributed by atoms with Gasteiger partial charge in [-0.05, 0) is 55.7 Å². The predicted molar refractivity (Wildman–Crippen MR) is 137 cm³/mol. The molecule has 35 heavy (non-hydrogen) atoms. The van der Waals surface area contributed by atoms with Crippen molar-refractivity contribution in [3.8, 4) is 0 Å². The summed E-state index contributed by atoms with van der Waals surface area (Å²) in [5, 5.41) is 7.84. The van der Waals surface area contributed by atoms with E-state index in [4.69, 9.17) is 4.52 Å². The Kier molecular flexibility index (Phi) is 10.3. The first-order valence-corrected chi connectivity index (χ1v) is 12.1. The number of aryl methyl sites for hydroxylation is 1. The number of carbonyl (C=O) groups is 3. The maximum absolute atomic E-state index is 13.2. The molecule has 0 aliphatic heterocycles. The molecule has 0 aliphatic carbocycles. The van der Waals surface area contributed by atoms with Crippen LogP contribution in [-0.4, -0.2) is 22.5 Å². The molecule has 1 N–H and O–H groups in total. The molecular weight excluding hydrogens is 447 g/mol. The van der Waals surface area contributed by atoms with Gasteiger partial charge in [0.1, 0.15) is 17.4 Å². The third kappa shape index (κ3) is 7.84. The van der Waals surface area contributed by atoms with Gasteiger partial charge < -0.3 is 9.84 Å². The van der Waals surface area contributed by atoms with Gasteiger partial charge in [-0.15, -0.1) is 0 Å². The minimum absolute atomic E-state index is 0.0384. The summed E-state index contributed by atoms with van der Waals surface area (Å²) < 4.78 is 18.4. The zero-order chi connectivity index (χ0) is 26.1. The highest BCUT2D eigenvalue weighted by Gasteiger charge is 2.15. The van der Waals surface area contributed by atoms with Crippen LogP contribution in [-0.2, 0) is 16.0 Å². The highest BCUT2D eigenvalue weighted by Crippen LogP contribution is 2.28. The Hall–Kier alpha value is -3.35. The number of aromatic nitrogens is 1. The SMILES string of the molecule is CCC(=O)CCC(C)C(C)=O.CCc1cc(Nc2noc3cc(F)ccc23)ccc1C(=O)C(C)C. The number of hydrogen-bond acceptors (Lipinski definition) is 6. The van der Waals surface area contributed by atoms with Gasteiger partial charge in [0.2, 0.25) is 0 Å². The lowest BCUT2D eigenvalue weighted by Gasteiger charge is -2.12. The topological polar surface area (TPSA) is 89.3 Å². The predicted octanol–water partition coefficient (Wildman–Crippen LogP) is 7.08. The maximum Gasteiger partial charge on any atom is 0.181 e. The Labute approximate surface area is 206 Å². The van der Waals surface area contributed by atoms with E-state index in [1.165, 1.54) is 12.1 Å². The quantitative estimate of drug-likeness (QED) is 0.311. The largest absolute Gasteiger partial charge is 0.354 e. The van der Waals surface area contributed by atoms with Gasteiger partial charge in [-0.3, -0.25) is 14.4 Å². The fourth-order valence-electron chi connectivity index (χ4n) is 3.41. The van der Waals surface area contributed by atoms with Gasteiger partial charge in [-0.25, -0.2) is 4.39 Å². The van der Waals surface area contributed by atoms with Crippen LogP contribution in [0, 0.1) is 17.7 Å². The highest BCUT2D eigenvalue weighted by molar-refractivity contribution is 5.99. The van der Waals surface area contributed by atoms with Crippen LogP contribution in [0.4, 0.5) is 15.9 Å². The van der Waals surface area contributed by atoms with Crippen molar-refractivity contribution in [3.05, 3.63) is 53.3 Å². The smallest absolute Gasteiger partial charge is 0.181 e. The van der Waals surface area contributed by atoms with Gasteiger partial charge >= 0.3 is 0 Å². The number of benzene rings is 2. The Morgan fingerprint density at radius 2 is 1.77 bits per heavy atom. The molecule has 0 fully saturated rings. The molecule has 0 saturated carbocycles. The van der Waals surface area contributed by atoms with Gasteiger partial charge in [0.15, 0.2) is 17.2 Å². The fourth-order valence-corrected chi connectivity index (χ4v) is 3.41. The average molecular weight is 483 g/mol. The van der Waals surface area contributed by atoms with Crippen molar-refractivity contribution in [1.82, 2.24) is 5.16 Å². The molecule has 1 atom stereocenters. The molecule has 188 valence electrons. The van der Waals surface area contributed by atoms with Crippen LogP contribution in [0.15, 0.2) is 40.9 Å². The number of nitrogens with zero attached hydrogens (tertiary/aromatic N) is 1. The summed E-state index contributed by atoms with van der Waals surface area (Å²) in [7, 11) is 0. The van der Waals surface area contributed by atoms with E-state index >= 15 is 0 Å². The summed E-state index contributed by atoms with van der Waals surface area (Å²) in [4.78, 5) is 33.8. The first kappa shape index (κ1) is 27.9. The van der Waals surface area contributed by atoms with Gasteiger partial charge in [0.25, 0.3) is 0 Å². The molecule has 0 radical (unpaired) electrons. The molecule has 0 spiro atoms. The third-order valence-electron chi connectivity index (χ3n) is 5.92. The van der Waals surface area contributed by atoms with E-state index in [0.717, 1.165) is 23.2 Å². The minimum atomic E-state index is -0.366. The van der Waals surface area contributed by atoms with Crippen LogP contribution >= 0.6 is 0 Å². The molecule has 3 rings (SSSR count). The minimum Gasteiger partial charge on any atom is -0.354 e. The van der Waals surface area contributed by atoms with Crippen molar-refractivity contribution < 1.29 is 23.3 Å². The highest BCUT2D eigenvalue weighted by atomic mass is 19.1. The number of ketones is 3. The lowest BCUT2D eigenvalue weighted by atomic mass is 9.95. The van der Waals surface area contributed by atoms with E-state index in [9.17, 15) is 18.8 Å². The van der Waals surface area contributed by atoms with Gasteiger partial charge in [0.05, 0.1) is 5.39 Å². The Balaban J connectivity index is 0.000000334. The van der Waals surface area contributed by atoms with Crippen molar-refractivity contribution in [2.45, 2.75) is 67.2 Å². The summed E-state index contributed by atoms with van der Waals surface area (Å²) in [5.74, 6) is 0.728. The lowest BCUT2D eigenvalue weighted by Crippen LogP contribution is -2.10. The van der Waals surface area contributed by atoms with Crippen LogP contribution in [0.25, 0.3) is 11.0 Å². The molecule has 6 nitrogen and oxygen atoms in total. The van der Waals surface area contributed by atoms with Crippen LogP contribution in [0.5, 0.6) is 0 Å². The summed E-state index contributed by atoms with van der Waals surface area (Å²) in [6.07, 6.45) is 2.61. The number of rotatable bonds is 10. The standard InChI is InChI=1S/C19H19FN2O2.C9H16O2/c1-4-12-9-14(6-8-15(12)18(23)11(2)3)21-19-16-7-5-13(20)10-17(16)24-22-19;1-4-9(11)6-5-7(2)8(3)10/h5-11H,4H2,1-3H3,(H,21,22);7H,4-6H2,1-3H3. The second kappa shape index (κ2) is 12.9. The number of anilines is 2. The molecule has 7 heteroatoms. The molecule has 1 aromatic heterocycles.